The second-order valence-electron chi connectivity index (χ2n) is 6.20. The fraction of sp³-hybridized carbons (Fsp3) is 0.263. The number of rotatable bonds is 2. The van der Waals surface area contributed by atoms with Gasteiger partial charge in [0, 0.05) is 41.4 Å². The zero-order valence-electron chi connectivity index (χ0n) is 14.4. The second kappa shape index (κ2) is 8.71. The summed E-state index contributed by atoms with van der Waals surface area (Å²) in [6.45, 7) is 1.68. The quantitative estimate of drug-likeness (QED) is 0.720. The van der Waals surface area contributed by atoms with Crippen LogP contribution in [0.25, 0.3) is 0 Å². The number of carbonyl (C=O) groups is 2. The molecule has 8 heteroatoms. The van der Waals surface area contributed by atoms with Crippen molar-refractivity contribution in [2.24, 2.45) is 0 Å². The SMILES string of the molecule is O=C(Nc1cccc(Cl)c1)N1CCCN(C(=O)c2cc(Br)ccc2F)CC1. The lowest BCUT2D eigenvalue weighted by Crippen LogP contribution is -2.39. The third-order valence-corrected chi connectivity index (χ3v) is 5.03. The van der Waals surface area contributed by atoms with Crippen LogP contribution in [0.15, 0.2) is 46.9 Å². The highest BCUT2D eigenvalue weighted by Gasteiger charge is 2.24. The van der Waals surface area contributed by atoms with Gasteiger partial charge in [-0.25, -0.2) is 9.18 Å². The molecule has 0 aliphatic carbocycles. The molecule has 2 aromatic carbocycles. The number of halogens is 3. The van der Waals surface area contributed by atoms with E-state index in [-0.39, 0.29) is 17.5 Å². The molecule has 5 nitrogen and oxygen atoms in total. The Hall–Kier alpha value is -2.12. The Morgan fingerprint density at radius 2 is 1.78 bits per heavy atom. The Kier molecular flexibility index (Phi) is 6.34. The Labute approximate surface area is 170 Å². The lowest BCUT2D eigenvalue weighted by atomic mass is 10.2. The molecule has 27 heavy (non-hydrogen) atoms. The number of anilines is 1. The maximum atomic E-state index is 14.0. The van der Waals surface area contributed by atoms with Crippen LogP contribution in [0.1, 0.15) is 16.8 Å². The summed E-state index contributed by atoms with van der Waals surface area (Å²) >= 11 is 9.19. The van der Waals surface area contributed by atoms with E-state index in [4.69, 9.17) is 11.6 Å². The van der Waals surface area contributed by atoms with E-state index < -0.39 is 5.82 Å². The minimum Gasteiger partial charge on any atom is -0.337 e. The number of carbonyl (C=O) groups excluding carboxylic acids is 2. The summed E-state index contributed by atoms with van der Waals surface area (Å²) in [4.78, 5) is 28.4. The molecule has 1 heterocycles. The van der Waals surface area contributed by atoms with E-state index in [0.717, 1.165) is 0 Å². The summed E-state index contributed by atoms with van der Waals surface area (Å²) < 4.78 is 14.6. The molecule has 0 saturated carbocycles. The average molecular weight is 455 g/mol. The molecule has 0 atom stereocenters. The van der Waals surface area contributed by atoms with E-state index in [1.165, 1.54) is 12.1 Å². The van der Waals surface area contributed by atoms with Gasteiger partial charge in [-0.1, -0.05) is 33.6 Å². The minimum absolute atomic E-state index is 0.0289. The monoisotopic (exact) mass is 453 g/mol. The van der Waals surface area contributed by atoms with Gasteiger partial charge in [0.15, 0.2) is 0 Å². The summed E-state index contributed by atoms with van der Waals surface area (Å²) in [6, 6.07) is 11.0. The van der Waals surface area contributed by atoms with Crippen molar-refractivity contribution in [2.45, 2.75) is 6.42 Å². The van der Waals surface area contributed by atoms with Crippen molar-refractivity contribution >= 4 is 45.2 Å². The molecule has 0 spiro atoms. The Morgan fingerprint density at radius 3 is 2.56 bits per heavy atom. The van der Waals surface area contributed by atoms with E-state index in [9.17, 15) is 14.0 Å². The Bertz CT molecular complexity index is 865. The molecule has 1 saturated heterocycles. The van der Waals surface area contributed by atoms with Gasteiger partial charge in [-0.2, -0.15) is 0 Å². The lowest BCUT2D eigenvalue weighted by Gasteiger charge is -2.23. The van der Waals surface area contributed by atoms with Crippen molar-refractivity contribution < 1.29 is 14.0 Å². The normalized spacial score (nSPS) is 14.6. The maximum absolute atomic E-state index is 14.0. The van der Waals surface area contributed by atoms with E-state index in [2.05, 4.69) is 21.2 Å². The van der Waals surface area contributed by atoms with Crippen LogP contribution in [-0.4, -0.2) is 47.9 Å². The van der Waals surface area contributed by atoms with E-state index in [0.29, 0.717) is 47.8 Å². The van der Waals surface area contributed by atoms with Gasteiger partial charge >= 0.3 is 6.03 Å². The highest BCUT2D eigenvalue weighted by atomic mass is 79.9. The molecule has 1 fully saturated rings. The molecule has 3 amide bonds. The van der Waals surface area contributed by atoms with Crippen molar-refractivity contribution in [3.63, 3.8) is 0 Å². The number of amides is 3. The Morgan fingerprint density at radius 1 is 1.04 bits per heavy atom. The van der Waals surface area contributed by atoms with Gasteiger partial charge < -0.3 is 15.1 Å². The van der Waals surface area contributed by atoms with Crippen LogP contribution in [0.5, 0.6) is 0 Å². The van der Waals surface area contributed by atoms with Crippen LogP contribution in [0.2, 0.25) is 5.02 Å². The third kappa shape index (κ3) is 4.99. The predicted octanol–water partition coefficient (Wildman–Crippen LogP) is 4.62. The van der Waals surface area contributed by atoms with Crippen molar-refractivity contribution in [2.75, 3.05) is 31.5 Å². The third-order valence-electron chi connectivity index (χ3n) is 4.31. The first-order chi connectivity index (χ1) is 12.9. The van der Waals surface area contributed by atoms with Crippen LogP contribution < -0.4 is 5.32 Å². The summed E-state index contributed by atoms with van der Waals surface area (Å²) in [5.41, 5.74) is 0.641. The molecular formula is C19H18BrClFN3O2. The van der Waals surface area contributed by atoms with Gasteiger partial charge in [-0.15, -0.1) is 0 Å². The highest BCUT2D eigenvalue weighted by Crippen LogP contribution is 2.19. The number of nitrogens with one attached hydrogen (secondary N) is 1. The van der Waals surface area contributed by atoms with Crippen molar-refractivity contribution in [1.29, 1.82) is 0 Å². The Balaban J connectivity index is 1.64. The molecule has 2 aromatic rings. The maximum Gasteiger partial charge on any atom is 0.321 e. The van der Waals surface area contributed by atoms with Crippen LogP contribution in [-0.2, 0) is 0 Å². The largest absolute Gasteiger partial charge is 0.337 e. The van der Waals surface area contributed by atoms with Gasteiger partial charge in [0.2, 0.25) is 0 Å². The van der Waals surface area contributed by atoms with Gasteiger partial charge in [0.1, 0.15) is 5.82 Å². The molecule has 142 valence electrons. The standard InChI is InChI=1S/C19H18BrClFN3O2/c20-13-5-6-17(22)16(11-13)18(26)24-7-2-8-25(10-9-24)19(27)23-15-4-1-3-14(21)12-15/h1,3-6,11-12H,2,7-10H2,(H,23,27). The summed E-state index contributed by atoms with van der Waals surface area (Å²) in [7, 11) is 0. The number of urea groups is 1. The number of hydrogen-bond donors (Lipinski definition) is 1. The average Bonchev–Trinajstić information content (AvgIpc) is 2.89. The van der Waals surface area contributed by atoms with Crippen LogP contribution >= 0.6 is 27.5 Å². The highest BCUT2D eigenvalue weighted by molar-refractivity contribution is 9.10. The van der Waals surface area contributed by atoms with Crippen LogP contribution in [0, 0.1) is 5.82 Å². The fourth-order valence-corrected chi connectivity index (χ4v) is 3.48. The van der Waals surface area contributed by atoms with Crippen LogP contribution in [0.4, 0.5) is 14.9 Å². The summed E-state index contributed by atoms with van der Waals surface area (Å²) in [6.07, 6.45) is 0.615. The van der Waals surface area contributed by atoms with Gasteiger partial charge in [0.25, 0.3) is 5.91 Å². The molecule has 0 bridgehead atoms. The van der Waals surface area contributed by atoms with Crippen molar-refractivity contribution in [3.05, 3.63) is 63.3 Å². The molecule has 1 N–H and O–H groups in total. The van der Waals surface area contributed by atoms with E-state index in [1.54, 1.807) is 40.1 Å². The molecule has 0 radical (unpaired) electrons. The first kappa shape index (κ1) is 19.6. The number of nitrogens with zero attached hydrogens (tertiary/aromatic N) is 2. The summed E-state index contributed by atoms with van der Waals surface area (Å²) in [5.74, 6) is -0.922. The van der Waals surface area contributed by atoms with Crippen molar-refractivity contribution in [3.8, 4) is 0 Å². The van der Waals surface area contributed by atoms with Gasteiger partial charge in [0.05, 0.1) is 5.56 Å². The van der Waals surface area contributed by atoms with E-state index in [1.807, 2.05) is 0 Å². The fourth-order valence-electron chi connectivity index (χ4n) is 2.92. The second-order valence-corrected chi connectivity index (χ2v) is 7.55. The lowest BCUT2D eigenvalue weighted by molar-refractivity contribution is 0.0758. The molecule has 0 unspecified atom stereocenters. The zero-order chi connectivity index (χ0) is 19.4. The number of hydrogen-bond acceptors (Lipinski definition) is 2. The zero-order valence-corrected chi connectivity index (χ0v) is 16.8. The molecule has 1 aliphatic rings. The van der Waals surface area contributed by atoms with Crippen molar-refractivity contribution in [1.82, 2.24) is 9.80 Å². The predicted molar refractivity (Wildman–Crippen MR) is 107 cm³/mol. The smallest absolute Gasteiger partial charge is 0.321 e. The first-order valence-corrected chi connectivity index (χ1v) is 9.67. The minimum atomic E-state index is -0.553. The molecule has 0 aromatic heterocycles. The van der Waals surface area contributed by atoms with Gasteiger partial charge in [-0.05, 0) is 42.8 Å². The van der Waals surface area contributed by atoms with E-state index >= 15 is 0 Å². The molecular weight excluding hydrogens is 437 g/mol. The molecule has 3 rings (SSSR count). The topological polar surface area (TPSA) is 52.7 Å². The molecule has 1 aliphatic heterocycles. The van der Waals surface area contributed by atoms with Crippen LogP contribution in [0.3, 0.4) is 0 Å². The summed E-state index contributed by atoms with van der Waals surface area (Å²) in [5, 5.41) is 3.34. The van der Waals surface area contributed by atoms with Gasteiger partial charge in [-0.3, -0.25) is 4.79 Å². The first-order valence-electron chi connectivity index (χ1n) is 8.50. The number of benzene rings is 2.